The standard InChI is InChI=1S/C18H13FO2/c1-11-6-8-14(15-5-3-2-4-13(11)15)12-7-9-16(18(20)21)17(19)10-12/h2-10H,1H3,(H,20,21). The molecule has 0 spiro atoms. The fourth-order valence-corrected chi connectivity index (χ4v) is 2.56. The average Bonchev–Trinajstić information content (AvgIpc) is 2.47. The zero-order chi connectivity index (χ0) is 15.0. The minimum absolute atomic E-state index is 0.310. The van der Waals surface area contributed by atoms with Crippen molar-refractivity contribution in [3.63, 3.8) is 0 Å². The first-order valence-corrected chi connectivity index (χ1v) is 6.59. The monoisotopic (exact) mass is 280 g/mol. The molecule has 0 atom stereocenters. The van der Waals surface area contributed by atoms with Crippen molar-refractivity contribution in [3.8, 4) is 11.1 Å². The summed E-state index contributed by atoms with van der Waals surface area (Å²) < 4.78 is 13.9. The lowest BCUT2D eigenvalue weighted by molar-refractivity contribution is 0.0692. The summed E-state index contributed by atoms with van der Waals surface area (Å²) in [6.45, 7) is 2.03. The molecule has 0 saturated carbocycles. The molecule has 3 aromatic carbocycles. The van der Waals surface area contributed by atoms with Gasteiger partial charge in [0.15, 0.2) is 0 Å². The Bertz CT molecular complexity index is 853. The molecule has 3 aromatic rings. The maximum atomic E-state index is 13.9. The minimum Gasteiger partial charge on any atom is -0.478 e. The van der Waals surface area contributed by atoms with Crippen molar-refractivity contribution < 1.29 is 14.3 Å². The van der Waals surface area contributed by atoms with E-state index in [-0.39, 0.29) is 5.56 Å². The largest absolute Gasteiger partial charge is 0.478 e. The van der Waals surface area contributed by atoms with Gasteiger partial charge >= 0.3 is 5.97 Å². The van der Waals surface area contributed by atoms with Gasteiger partial charge in [-0.25, -0.2) is 9.18 Å². The van der Waals surface area contributed by atoms with Gasteiger partial charge in [0.25, 0.3) is 0 Å². The predicted octanol–water partition coefficient (Wildman–Crippen LogP) is 4.65. The third-order valence-electron chi connectivity index (χ3n) is 3.65. The van der Waals surface area contributed by atoms with Crippen molar-refractivity contribution in [2.75, 3.05) is 0 Å². The molecule has 104 valence electrons. The normalized spacial score (nSPS) is 10.8. The van der Waals surface area contributed by atoms with Crippen molar-refractivity contribution in [2.45, 2.75) is 6.92 Å². The molecule has 0 saturated heterocycles. The molecule has 1 N–H and O–H groups in total. The second kappa shape index (κ2) is 5.02. The van der Waals surface area contributed by atoms with Crippen LogP contribution in [0.3, 0.4) is 0 Å². The molecule has 0 aliphatic rings. The summed E-state index contributed by atoms with van der Waals surface area (Å²) in [5, 5.41) is 11.0. The van der Waals surface area contributed by atoms with Gasteiger partial charge in [0, 0.05) is 0 Å². The number of carboxylic acids is 1. The molecule has 21 heavy (non-hydrogen) atoms. The number of carboxylic acid groups (broad SMARTS) is 1. The van der Waals surface area contributed by atoms with Crippen molar-refractivity contribution in [2.24, 2.45) is 0 Å². The second-order valence-corrected chi connectivity index (χ2v) is 4.98. The zero-order valence-corrected chi connectivity index (χ0v) is 11.4. The topological polar surface area (TPSA) is 37.3 Å². The third kappa shape index (κ3) is 2.27. The first-order chi connectivity index (χ1) is 10.1. The summed E-state index contributed by atoms with van der Waals surface area (Å²) in [6.07, 6.45) is 0. The summed E-state index contributed by atoms with van der Waals surface area (Å²) in [7, 11) is 0. The van der Waals surface area contributed by atoms with Crippen molar-refractivity contribution in [3.05, 3.63) is 71.5 Å². The number of halogens is 1. The third-order valence-corrected chi connectivity index (χ3v) is 3.65. The molecule has 0 bridgehead atoms. The number of hydrogen-bond acceptors (Lipinski definition) is 1. The quantitative estimate of drug-likeness (QED) is 0.741. The molecule has 0 fully saturated rings. The molecule has 0 unspecified atom stereocenters. The van der Waals surface area contributed by atoms with Crippen molar-refractivity contribution in [1.29, 1.82) is 0 Å². The van der Waals surface area contributed by atoms with Crippen LogP contribution >= 0.6 is 0 Å². The van der Waals surface area contributed by atoms with Gasteiger partial charge in [-0.3, -0.25) is 0 Å². The number of aromatic carboxylic acids is 1. The van der Waals surface area contributed by atoms with Crippen LogP contribution < -0.4 is 0 Å². The highest BCUT2D eigenvalue weighted by Gasteiger charge is 2.12. The molecule has 0 aliphatic heterocycles. The Morgan fingerprint density at radius 1 is 1.00 bits per heavy atom. The number of rotatable bonds is 2. The fourth-order valence-electron chi connectivity index (χ4n) is 2.56. The minimum atomic E-state index is -1.26. The first kappa shape index (κ1) is 13.3. The average molecular weight is 280 g/mol. The molecule has 2 nitrogen and oxygen atoms in total. The van der Waals surface area contributed by atoms with Gasteiger partial charge in [-0.15, -0.1) is 0 Å². The number of carbonyl (C=O) groups is 1. The molecular weight excluding hydrogens is 267 g/mol. The Morgan fingerprint density at radius 3 is 2.38 bits per heavy atom. The van der Waals surface area contributed by atoms with Gasteiger partial charge in [-0.2, -0.15) is 0 Å². The van der Waals surface area contributed by atoms with Crippen LogP contribution in [0.5, 0.6) is 0 Å². The number of hydrogen-bond donors (Lipinski definition) is 1. The van der Waals surface area contributed by atoms with E-state index in [4.69, 9.17) is 5.11 Å². The van der Waals surface area contributed by atoms with Gasteiger partial charge in [0.1, 0.15) is 5.82 Å². The molecule has 0 radical (unpaired) electrons. The lowest BCUT2D eigenvalue weighted by atomic mass is 9.95. The molecule has 0 aromatic heterocycles. The molecular formula is C18H13FO2. The van der Waals surface area contributed by atoms with Gasteiger partial charge < -0.3 is 5.11 Å². The SMILES string of the molecule is Cc1ccc(-c2ccc(C(=O)O)c(F)c2)c2ccccc12. The maximum absolute atomic E-state index is 13.9. The highest BCUT2D eigenvalue weighted by atomic mass is 19.1. The Kier molecular flexibility index (Phi) is 3.18. The highest BCUT2D eigenvalue weighted by Crippen LogP contribution is 2.31. The van der Waals surface area contributed by atoms with Gasteiger partial charge in [-0.1, -0.05) is 42.5 Å². The molecule has 0 heterocycles. The number of benzene rings is 3. The van der Waals surface area contributed by atoms with E-state index >= 15 is 0 Å². The first-order valence-electron chi connectivity index (χ1n) is 6.59. The van der Waals surface area contributed by atoms with Crippen LogP contribution in [-0.4, -0.2) is 11.1 Å². The summed E-state index contributed by atoms with van der Waals surface area (Å²) in [5.74, 6) is -1.97. The van der Waals surface area contributed by atoms with Gasteiger partial charge in [0.05, 0.1) is 5.56 Å². The Morgan fingerprint density at radius 2 is 1.71 bits per heavy atom. The Hall–Kier alpha value is -2.68. The lowest BCUT2D eigenvalue weighted by Gasteiger charge is -2.10. The van der Waals surface area contributed by atoms with Crippen LogP contribution in [0.2, 0.25) is 0 Å². The smallest absolute Gasteiger partial charge is 0.338 e. The molecule has 3 rings (SSSR count). The zero-order valence-electron chi connectivity index (χ0n) is 11.4. The van der Waals surface area contributed by atoms with Crippen molar-refractivity contribution in [1.82, 2.24) is 0 Å². The number of aryl methyl sites for hydroxylation is 1. The van der Waals surface area contributed by atoms with E-state index in [9.17, 15) is 9.18 Å². The van der Waals surface area contributed by atoms with Crippen LogP contribution in [0, 0.1) is 12.7 Å². The Labute approximate surface area is 121 Å². The van der Waals surface area contributed by atoms with E-state index in [2.05, 4.69) is 0 Å². The number of fused-ring (bicyclic) bond motifs is 1. The van der Waals surface area contributed by atoms with Crippen molar-refractivity contribution >= 4 is 16.7 Å². The molecule has 0 aliphatic carbocycles. The van der Waals surface area contributed by atoms with E-state index in [1.54, 1.807) is 6.07 Å². The van der Waals surface area contributed by atoms with Gasteiger partial charge in [-0.05, 0) is 46.5 Å². The van der Waals surface area contributed by atoms with Crippen LogP contribution in [0.4, 0.5) is 4.39 Å². The second-order valence-electron chi connectivity index (χ2n) is 4.98. The molecule has 0 amide bonds. The van der Waals surface area contributed by atoms with E-state index in [0.717, 1.165) is 21.9 Å². The fraction of sp³-hybridized carbons (Fsp3) is 0.0556. The lowest BCUT2D eigenvalue weighted by Crippen LogP contribution is -2.00. The van der Waals surface area contributed by atoms with Crippen LogP contribution in [0.1, 0.15) is 15.9 Å². The summed E-state index contributed by atoms with van der Waals surface area (Å²) >= 11 is 0. The molecule has 3 heteroatoms. The maximum Gasteiger partial charge on any atom is 0.338 e. The predicted molar refractivity (Wildman–Crippen MR) is 81.0 cm³/mol. The van der Waals surface area contributed by atoms with Crippen LogP contribution in [0.15, 0.2) is 54.6 Å². The summed E-state index contributed by atoms with van der Waals surface area (Å²) in [5.41, 5.74) is 2.41. The van der Waals surface area contributed by atoms with Gasteiger partial charge in [0.2, 0.25) is 0 Å². The van der Waals surface area contributed by atoms with Crippen LogP contribution in [-0.2, 0) is 0 Å². The van der Waals surface area contributed by atoms with E-state index < -0.39 is 11.8 Å². The summed E-state index contributed by atoms with van der Waals surface area (Å²) in [6, 6.07) is 16.1. The Balaban J connectivity index is 2.24. The van der Waals surface area contributed by atoms with E-state index in [1.165, 1.54) is 12.1 Å². The van der Waals surface area contributed by atoms with E-state index in [0.29, 0.717) is 5.56 Å². The van der Waals surface area contributed by atoms with Crippen LogP contribution in [0.25, 0.3) is 21.9 Å². The van der Waals surface area contributed by atoms with E-state index in [1.807, 2.05) is 43.3 Å². The highest BCUT2D eigenvalue weighted by molar-refractivity contribution is 5.99. The summed E-state index contributed by atoms with van der Waals surface area (Å²) in [4.78, 5) is 10.9.